The fourth-order valence-electron chi connectivity index (χ4n) is 4.64. The maximum atomic E-state index is 10.0. The first-order valence-electron chi connectivity index (χ1n) is 8.07. The topological polar surface area (TPSA) is 35.5 Å². The molecule has 3 aliphatic rings. The summed E-state index contributed by atoms with van der Waals surface area (Å²) < 4.78 is 0. The zero-order valence-electron chi connectivity index (χ0n) is 12.0. The number of fused-ring (bicyclic) bond motifs is 3. The van der Waals surface area contributed by atoms with Gasteiger partial charge in [0.05, 0.1) is 6.10 Å². The lowest BCUT2D eigenvalue weighted by Gasteiger charge is -2.42. The van der Waals surface area contributed by atoms with Gasteiger partial charge in [-0.3, -0.25) is 4.90 Å². The standard InChI is InChI=1S/C17H24N2O/c20-15-9-13-5-6-14(10-15)19(13)17-7-8-18-11-12-3-1-2-4-16(12)17/h1-4,13-15,17-18,20H,5-11H2. The molecule has 108 valence electrons. The second kappa shape index (κ2) is 5.14. The van der Waals surface area contributed by atoms with Crippen molar-refractivity contribution >= 4 is 0 Å². The Labute approximate surface area is 121 Å². The molecule has 0 amide bonds. The van der Waals surface area contributed by atoms with Gasteiger partial charge in [-0.05, 0) is 49.8 Å². The predicted octanol–water partition coefficient (Wildman–Crippen LogP) is 2.21. The summed E-state index contributed by atoms with van der Waals surface area (Å²) in [6, 6.07) is 10.7. The molecular formula is C17H24N2O. The Hall–Kier alpha value is -0.900. The molecule has 3 aliphatic heterocycles. The highest BCUT2D eigenvalue weighted by Crippen LogP contribution is 2.43. The molecule has 3 heteroatoms. The van der Waals surface area contributed by atoms with Gasteiger partial charge in [0.15, 0.2) is 0 Å². The van der Waals surface area contributed by atoms with Crippen LogP contribution in [0.4, 0.5) is 0 Å². The molecule has 3 unspecified atom stereocenters. The summed E-state index contributed by atoms with van der Waals surface area (Å²) in [5, 5.41) is 13.6. The summed E-state index contributed by atoms with van der Waals surface area (Å²) in [5.74, 6) is 0. The number of rotatable bonds is 1. The van der Waals surface area contributed by atoms with Crippen LogP contribution >= 0.6 is 0 Å². The molecule has 4 rings (SSSR count). The highest BCUT2D eigenvalue weighted by molar-refractivity contribution is 5.31. The van der Waals surface area contributed by atoms with E-state index in [4.69, 9.17) is 0 Å². The van der Waals surface area contributed by atoms with Crippen LogP contribution in [0, 0.1) is 0 Å². The van der Waals surface area contributed by atoms with E-state index in [2.05, 4.69) is 34.5 Å². The molecular weight excluding hydrogens is 248 g/mol. The van der Waals surface area contributed by atoms with Gasteiger partial charge in [0.1, 0.15) is 0 Å². The number of piperidine rings is 1. The number of aliphatic hydroxyl groups excluding tert-OH is 1. The van der Waals surface area contributed by atoms with Crippen molar-refractivity contribution in [2.45, 2.75) is 62.9 Å². The SMILES string of the molecule is OC1CC2CCC(C1)N2C1CCNCc2ccccc21. The highest BCUT2D eigenvalue weighted by Gasteiger charge is 2.44. The van der Waals surface area contributed by atoms with Crippen molar-refractivity contribution in [3.63, 3.8) is 0 Å². The van der Waals surface area contributed by atoms with Crippen LogP contribution in [0.5, 0.6) is 0 Å². The van der Waals surface area contributed by atoms with Gasteiger partial charge in [-0.1, -0.05) is 24.3 Å². The molecule has 0 saturated carbocycles. The molecule has 0 radical (unpaired) electrons. The predicted molar refractivity (Wildman–Crippen MR) is 79.4 cm³/mol. The number of nitrogens with one attached hydrogen (secondary N) is 1. The second-order valence-corrected chi connectivity index (χ2v) is 6.64. The summed E-state index contributed by atoms with van der Waals surface area (Å²) in [4.78, 5) is 2.75. The van der Waals surface area contributed by atoms with Crippen molar-refractivity contribution in [2.24, 2.45) is 0 Å². The molecule has 1 aromatic carbocycles. The van der Waals surface area contributed by atoms with Crippen molar-refractivity contribution in [3.05, 3.63) is 35.4 Å². The quantitative estimate of drug-likeness (QED) is 0.823. The zero-order chi connectivity index (χ0) is 13.5. The minimum atomic E-state index is -0.0668. The lowest BCUT2D eigenvalue weighted by atomic mass is 9.91. The molecule has 2 N–H and O–H groups in total. The largest absolute Gasteiger partial charge is 0.393 e. The Bertz CT molecular complexity index is 476. The molecule has 3 heterocycles. The summed E-state index contributed by atoms with van der Waals surface area (Å²) in [5.41, 5.74) is 2.98. The van der Waals surface area contributed by atoms with E-state index in [0.717, 1.165) is 25.9 Å². The lowest BCUT2D eigenvalue weighted by molar-refractivity contribution is 0.00785. The van der Waals surface area contributed by atoms with E-state index >= 15 is 0 Å². The highest BCUT2D eigenvalue weighted by atomic mass is 16.3. The van der Waals surface area contributed by atoms with Crippen LogP contribution in [-0.4, -0.2) is 34.7 Å². The smallest absolute Gasteiger partial charge is 0.0570 e. The van der Waals surface area contributed by atoms with E-state index in [1.807, 2.05) is 0 Å². The van der Waals surface area contributed by atoms with Gasteiger partial charge >= 0.3 is 0 Å². The van der Waals surface area contributed by atoms with Crippen molar-refractivity contribution in [1.29, 1.82) is 0 Å². The third-order valence-electron chi connectivity index (χ3n) is 5.45. The number of nitrogens with zero attached hydrogens (tertiary/aromatic N) is 1. The molecule has 3 atom stereocenters. The minimum absolute atomic E-state index is 0.0668. The van der Waals surface area contributed by atoms with Crippen LogP contribution in [0.3, 0.4) is 0 Å². The average molecular weight is 272 g/mol. The van der Waals surface area contributed by atoms with Gasteiger partial charge in [0.25, 0.3) is 0 Å². The first-order valence-corrected chi connectivity index (χ1v) is 8.07. The molecule has 0 aromatic heterocycles. The van der Waals surface area contributed by atoms with E-state index in [-0.39, 0.29) is 6.10 Å². The molecule has 0 aliphatic carbocycles. The molecule has 20 heavy (non-hydrogen) atoms. The molecule has 2 saturated heterocycles. The van der Waals surface area contributed by atoms with E-state index in [1.165, 1.54) is 30.4 Å². The number of hydrogen-bond acceptors (Lipinski definition) is 3. The van der Waals surface area contributed by atoms with E-state index < -0.39 is 0 Å². The van der Waals surface area contributed by atoms with Crippen LogP contribution < -0.4 is 5.32 Å². The van der Waals surface area contributed by atoms with Crippen molar-refractivity contribution in [3.8, 4) is 0 Å². The fourth-order valence-corrected chi connectivity index (χ4v) is 4.64. The Balaban J connectivity index is 1.68. The van der Waals surface area contributed by atoms with Crippen molar-refractivity contribution < 1.29 is 5.11 Å². The minimum Gasteiger partial charge on any atom is -0.393 e. The van der Waals surface area contributed by atoms with Crippen LogP contribution in [0.2, 0.25) is 0 Å². The van der Waals surface area contributed by atoms with Crippen LogP contribution in [0.25, 0.3) is 0 Å². The molecule has 1 aromatic rings. The summed E-state index contributed by atoms with van der Waals surface area (Å²) in [7, 11) is 0. The Morgan fingerprint density at radius 1 is 1.05 bits per heavy atom. The van der Waals surface area contributed by atoms with E-state index in [1.54, 1.807) is 0 Å². The summed E-state index contributed by atoms with van der Waals surface area (Å²) in [6.07, 6.45) is 5.62. The molecule has 3 nitrogen and oxygen atoms in total. The van der Waals surface area contributed by atoms with E-state index in [9.17, 15) is 5.11 Å². The lowest BCUT2D eigenvalue weighted by Crippen LogP contribution is -2.46. The molecule has 0 spiro atoms. The van der Waals surface area contributed by atoms with E-state index in [0.29, 0.717) is 18.1 Å². The monoisotopic (exact) mass is 272 g/mol. The Morgan fingerprint density at radius 2 is 1.80 bits per heavy atom. The average Bonchev–Trinajstić information content (AvgIpc) is 2.65. The summed E-state index contributed by atoms with van der Waals surface area (Å²) in [6.45, 7) is 2.09. The van der Waals surface area contributed by atoms with Crippen molar-refractivity contribution in [2.75, 3.05) is 6.54 Å². The normalized spacial score (nSPS) is 37.5. The van der Waals surface area contributed by atoms with Gasteiger partial charge in [0.2, 0.25) is 0 Å². The maximum Gasteiger partial charge on any atom is 0.0570 e. The third-order valence-corrected chi connectivity index (χ3v) is 5.45. The molecule has 2 bridgehead atoms. The first-order chi connectivity index (χ1) is 9.83. The number of aliphatic hydroxyl groups is 1. The van der Waals surface area contributed by atoms with Gasteiger partial charge < -0.3 is 10.4 Å². The van der Waals surface area contributed by atoms with Gasteiger partial charge in [-0.25, -0.2) is 0 Å². The Kier molecular flexibility index (Phi) is 3.29. The first kappa shape index (κ1) is 12.8. The Morgan fingerprint density at radius 3 is 2.60 bits per heavy atom. The van der Waals surface area contributed by atoms with Crippen LogP contribution in [0.1, 0.15) is 49.3 Å². The summed E-state index contributed by atoms with van der Waals surface area (Å²) >= 11 is 0. The maximum absolute atomic E-state index is 10.0. The van der Waals surface area contributed by atoms with Crippen molar-refractivity contribution in [1.82, 2.24) is 10.2 Å². The van der Waals surface area contributed by atoms with Crippen LogP contribution in [-0.2, 0) is 6.54 Å². The zero-order valence-corrected chi connectivity index (χ0v) is 12.0. The number of benzene rings is 1. The van der Waals surface area contributed by atoms with Gasteiger partial charge in [-0.2, -0.15) is 0 Å². The fraction of sp³-hybridized carbons (Fsp3) is 0.647. The van der Waals surface area contributed by atoms with Gasteiger partial charge in [-0.15, -0.1) is 0 Å². The number of hydrogen-bond donors (Lipinski definition) is 2. The van der Waals surface area contributed by atoms with Gasteiger partial charge in [0, 0.05) is 24.7 Å². The second-order valence-electron chi connectivity index (χ2n) is 6.64. The third kappa shape index (κ3) is 2.09. The van der Waals surface area contributed by atoms with Crippen LogP contribution in [0.15, 0.2) is 24.3 Å². The molecule has 2 fully saturated rings.